The van der Waals surface area contributed by atoms with Crippen LogP contribution in [-0.2, 0) is 12.2 Å². The number of hydrogen-bond acceptors (Lipinski definition) is 7. The zero-order valence-corrected chi connectivity index (χ0v) is 19.6. The Morgan fingerprint density at radius 2 is 1.94 bits per heavy atom. The number of hydrogen-bond donors (Lipinski definition) is 0. The Hall–Kier alpha value is -3.39. The lowest BCUT2D eigenvalue weighted by Crippen LogP contribution is -2.21. The van der Waals surface area contributed by atoms with Crippen LogP contribution < -0.4 is 9.47 Å². The van der Waals surface area contributed by atoms with Gasteiger partial charge in [-0.25, -0.2) is 9.50 Å². The Morgan fingerprint density at radius 1 is 1.09 bits per heavy atom. The fourth-order valence-electron chi connectivity index (χ4n) is 4.22. The molecule has 0 aliphatic heterocycles. The molecular weight excluding hydrogens is 436 g/mol. The minimum absolute atomic E-state index is 0.0152. The quantitative estimate of drug-likeness (QED) is 0.387. The molecule has 33 heavy (non-hydrogen) atoms. The van der Waals surface area contributed by atoms with Crippen molar-refractivity contribution in [2.45, 2.75) is 36.6 Å². The van der Waals surface area contributed by atoms with Crippen molar-refractivity contribution in [3.05, 3.63) is 76.6 Å². The second-order valence-electron chi connectivity index (χ2n) is 8.09. The molecular formula is C25H24N4O3S. The van der Waals surface area contributed by atoms with Gasteiger partial charge in [0.1, 0.15) is 11.5 Å². The molecule has 0 saturated carbocycles. The van der Waals surface area contributed by atoms with E-state index in [1.165, 1.54) is 11.1 Å². The monoisotopic (exact) mass is 460 g/mol. The first kappa shape index (κ1) is 21.5. The van der Waals surface area contributed by atoms with Crippen molar-refractivity contribution >= 4 is 23.3 Å². The van der Waals surface area contributed by atoms with E-state index in [-0.39, 0.29) is 11.7 Å². The standard InChI is InChI=1S/C25H24N4O3S/c1-15-6-4-5-7-16(15)14-33-25-27-24-26-21-10-17(11-22(30)20(21)13-29(24)28-25)19-9-8-18(31-2)12-23(19)32-3/h4-9,12-13,17H,10-11,14H2,1-3H3. The predicted octanol–water partition coefficient (Wildman–Crippen LogP) is 4.65. The Labute approximate surface area is 196 Å². The van der Waals surface area contributed by atoms with Crippen molar-refractivity contribution in [2.24, 2.45) is 0 Å². The zero-order chi connectivity index (χ0) is 22.9. The number of ether oxygens (including phenoxy) is 2. The van der Waals surface area contributed by atoms with Crippen LogP contribution in [0.25, 0.3) is 5.78 Å². The summed E-state index contributed by atoms with van der Waals surface area (Å²) in [7, 11) is 3.25. The van der Waals surface area contributed by atoms with Crippen LogP contribution in [0.3, 0.4) is 0 Å². The number of Topliss-reactive ketones (excluding diaryl/α,β-unsaturated/α-hetero) is 1. The summed E-state index contributed by atoms with van der Waals surface area (Å²) in [6, 6.07) is 14.0. The van der Waals surface area contributed by atoms with Crippen molar-refractivity contribution in [3.63, 3.8) is 0 Å². The van der Waals surface area contributed by atoms with Crippen molar-refractivity contribution in [2.75, 3.05) is 14.2 Å². The molecule has 4 aromatic rings. The first-order chi connectivity index (χ1) is 16.1. The van der Waals surface area contributed by atoms with Crippen molar-refractivity contribution in [1.29, 1.82) is 0 Å². The number of rotatable bonds is 6. The number of thioether (sulfide) groups is 1. The van der Waals surface area contributed by atoms with E-state index in [2.05, 4.69) is 29.1 Å². The first-order valence-electron chi connectivity index (χ1n) is 10.7. The highest BCUT2D eigenvalue weighted by molar-refractivity contribution is 7.98. The number of carbonyl (C=O) groups is 1. The largest absolute Gasteiger partial charge is 0.497 e. The molecule has 1 aliphatic rings. The van der Waals surface area contributed by atoms with E-state index in [1.807, 2.05) is 30.3 Å². The summed E-state index contributed by atoms with van der Waals surface area (Å²) in [5.41, 5.74) is 4.85. The number of aryl methyl sites for hydroxylation is 1. The van der Waals surface area contributed by atoms with Crippen LogP contribution in [0.4, 0.5) is 0 Å². The van der Waals surface area contributed by atoms with E-state index in [4.69, 9.17) is 14.5 Å². The maximum Gasteiger partial charge on any atom is 0.253 e. The van der Waals surface area contributed by atoms with Crippen molar-refractivity contribution < 1.29 is 14.3 Å². The van der Waals surface area contributed by atoms with Crippen LogP contribution in [0.5, 0.6) is 11.5 Å². The van der Waals surface area contributed by atoms with E-state index in [1.54, 1.807) is 36.7 Å². The molecule has 2 aromatic heterocycles. The van der Waals surface area contributed by atoms with Gasteiger partial charge in [-0.05, 0) is 36.1 Å². The highest BCUT2D eigenvalue weighted by Gasteiger charge is 2.30. The molecule has 0 N–H and O–H groups in total. The minimum Gasteiger partial charge on any atom is -0.497 e. The van der Waals surface area contributed by atoms with Gasteiger partial charge in [0.05, 0.1) is 25.5 Å². The molecule has 1 atom stereocenters. The van der Waals surface area contributed by atoms with Gasteiger partial charge in [0.25, 0.3) is 5.78 Å². The summed E-state index contributed by atoms with van der Waals surface area (Å²) in [5.74, 6) is 2.76. The fraction of sp³-hybridized carbons (Fsp3) is 0.280. The Balaban J connectivity index is 1.42. The van der Waals surface area contributed by atoms with E-state index in [9.17, 15) is 4.79 Å². The Bertz CT molecular complexity index is 1350. The summed E-state index contributed by atoms with van der Waals surface area (Å²) in [6.45, 7) is 2.10. The van der Waals surface area contributed by atoms with Gasteiger partial charge in [-0.1, -0.05) is 42.1 Å². The van der Waals surface area contributed by atoms with Gasteiger partial charge in [0.2, 0.25) is 5.16 Å². The molecule has 0 fully saturated rings. The summed E-state index contributed by atoms with van der Waals surface area (Å²) in [4.78, 5) is 22.3. The summed E-state index contributed by atoms with van der Waals surface area (Å²) in [6.07, 6.45) is 2.80. The van der Waals surface area contributed by atoms with Gasteiger partial charge < -0.3 is 9.47 Å². The van der Waals surface area contributed by atoms with E-state index in [0.29, 0.717) is 35.1 Å². The van der Waals surface area contributed by atoms with Crippen LogP contribution >= 0.6 is 11.8 Å². The van der Waals surface area contributed by atoms with Gasteiger partial charge in [-0.2, -0.15) is 4.98 Å². The highest BCUT2D eigenvalue weighted by atomic mass is 32.2. The number of ketones is 1. The SMILES string of the molecule is COc1ccc(C2CC(=O)c3cn4nc(SCc5ccccc5C)nc4nc3C2)c(OC)c1. The normalized spacial score (nSPS) is 15.5. The van der Waals surface area contributed by atoms with Gasteiger partial charge in [-0.3, -0.25) is 4.79 Å². The fourth-order valence-corrected chi connectivity index (χ4v) is 5.12. The third kappa shape index (κ3) is 4.18. The molecule has 5 rings (SSSR count). The molecule has 1 aliphatic carbocycles. The molecule has 0 saturated heterocycles. The lowest BCUT2D eigenvalue weighted by atomic mass is 9.82. The second kappa shape index (κ2) is 8.86. The molecule has 7 nitrogen and oxygen atoms in total. The molecule has 0 bridgehead atoms. The lowest BCUT2D eigenvalue weighted by Gasteiger charge is -2.24. The average molecular weight is 461 g/mol. The summed E-state index contributed by atoms with van der Waals surface area (Å²) in [5, 5.41) is 5.19. The third-order valence-electron chi connectivity index (χ3n) is 6.06. The van der Waals surface area contributed by atoms with Gasteiger partial charge in [0, 0.05) is 30.4 Å². The predicted molar refractivity (Wildman–Crippen MR) is 126 cm³/mol. The van der Waals surface area contributed by atoms with E-state index >= 15 is 0 Å². The van der Waals surface area contributed by atoms with Crippen molar-refractivity contribution in [1.82, 2.24) is 19.6 Å². The first-order valence-corrected chi connectivity index (χ1v) is 11.7. The highest BCUT2D eigenvalue weighted by Crippen LogP contribution is 2.38. The van der Waals surface area contributed by atoms with Gasteiger partial charge in [-0.15, -0.1) is 5.10 Å². The maximum absolute atomic E-state index is 13.0. The molecule has 0 spiro atoms. The van der Waals surface area contributed by atoms with Gasteiger partial charge in [0.15, 0.2) is 5.78 Å². The average Bonchev–Trinajstić information content (AvgIpc) is 3.23. The third-order valence-corrected chi connectivity index (χ3v) is 6.95. The zero-order valence-electron chi connectivity index (χ0n) is 18.7. The number of fused-ring (bicyclic) bond motifs is 2. The van der Waals surface area contributed by atoms with Crippen LogP contribution in [0.2, 0.25) is 0 Å². The maximum atomic E-state index is 13.0. The Kier molecular flexibility index (Phi) is 5.76. The second-order valence-corrected chi connectivity index (χ2v) is 9.03. The number of carbonyl (C=O) groups excluding carboxylic acids is 1. The number of methoxy groups -OCH3 is 2. The number of nitrogens with zero attached hydrogens (tertiary/aromatic N) is 4. The summed E-state index contributed by atoms with van der Waals surface area (Å²) >= 11 is 1.57. The topological polar surface area (TPSA) is 78.6 Å². The lowest BCUT2D eigenvalue weighted by molar-refractivity contribution is 0.0962. The van der Waals surface area contributed by atoms with Crippen LogP contribution in [0.1, 0.15) is 45.1 Å². The van der Waals surface area contributed by atoms with Crippen molar-refractivity contribution in [3.8, 4) is 11.5 Å². The molecule has 2 heterocycles. The minimum atomic E-state index is -0.0152. The number of aromatic nitrogens is 4. The molecule has 0 radical (unpaired) electrons. The molecule has 2 aromatic carbocycles. The van der Waals surface area contributed by atoms with Crippen LogP contribution in [-0.4, -0.2) is 39.6 Å². The summed E-state index contributed by atoms with van der Waals surface area (Å²) < 4.78 is 12.5. The molecule has 0 amide bonds. The molecule has 8 heteroatoms. The van der Waals surface area contributed by atoms with E-state index in [0.717, 1.165) is 22.8 Å². The molecule has 1 unspecified atom stereocenters. The smallest absolute Gasteiger partial charge is 0.253 e. The van der Waals surface area contributed by atoms with Crippen LogP contribution in [0.15, 0.2) is 53.8 Å². The Morgan fingerprint density at radius 3 is 2.73 bits per heavy atom. The van der Waals surface area contributed by atoms with Gasteiger partial charge >= 0.3 is 0 Å². The van der Waals surface area contributed by atoms with Crippen LogP contribution in [0, 0.1) is 6.92 Å². The van der Waals surface area contributed by atoms with E-state index < -0.39 is 0 Å². The molecule has 168 valence electrons. The number of benzene rings is 2.